The number of aromatic hydroxyl groups is 1. The molecule has 0 aliphatic carbocycles. The Bertz CT molecular complexity index is 729. The standard InChI is InChI=1S/C18H22ClN3O2/c1-13-20-6-8-21(13)11-15-3-2-7-22(12-15)18(24)10-14-4-5-17(23)16(19)9-14/h4-6,8-9,15,23H,2-3,7,10-12H2,1H3/t15-/m1/s1. The number of hydrogen-bond donors (Lipinski definition) is 1. The predicted molar refractivity (Wildman–Crippen MR) is 93.1 cm³/mol. The molecule has 3 rings (SSSR count). The Morgan fingerprint density at radius 3 is 3.00 bits per heavy atom. The predicted octanol–water partition coefficient (Wildman–Crippen LogP) is 3.03. The lowest BCUT2D eigenvalue weighted by molar-refractivity contribution is -0.132. The molecule has 0 radical (unpaired) electrons. The van der Waals surface area contributed by atoms with Crippen LogP contribution in [0.1, 0.15) is 24.2 Å². The van der Waals surface area contributed by atoms with E-state index in [9.17, 15) is 9.90 Å². The van der Waals surface area contributed by atoms with E-state index in [4.69, 9.17) is 11.6 Å². The number of imidazole rings is 1. The molecule has 1 aliphatic rings. The lowest BCUT2D eigenvalue weighted by Gasteiger charge is -2.33. The molecule has 0 saturated carbocycles. The van der Waals surface area contributed by atoms with Crippen molar-refractivity contribution >= 4 is 17.5 Å². The molecule has 1 aromatic carbocycles. The highest BCUT2D eigenvalue weighted by molar-refractivity contribution is 6.32. The highest BCUT2D eigenvalue weighted by atomic mass is 35.5. The van der Waals surface area contributed by atoms with E-state index in [1.54, 1.807) is 12.1 Å². The average Bonchev–Trinajstić information content (AvgIpc) is 2.96. The minimum atomic E-state index is 0.0432. The summed E-state index contributed by atoms with van der Waals surface area (Å²) >= 11 is 5.92. The molecule has 2 heterocycles. The summed E-state index contributed by atoms with van der Waals surface area (Å²) in [5.74, 6) is 1.63. The second-order valence-corrected chi connectivity index (χ2v) is 6.84. The van der Waals surface area contributed by atoms with Crippen molar-refractivity contribution in [3.05, 3.63) is 47.0 Å². The first-order chi connectivity index (χ1) is 11.5. The van der Waals surface area contributed by atoms with Crippen molar-refractivity contribution in [3.63, 3.8) is 0 Å². The third-order valence-electron chi connectivity index (χ3n) is 4.62. The smallest absolute Gasteiger partial charge is 0.227 e. The maximum Gasteiger partial charge on any atom is 0.227 e. The first kappa shape index (κ1) is 16.8. The minimum Gasteiger partial charge on any atom is -0.506 e. The Morgan fingerprint density at radius 1 is 1.46 bits per heavy atom. The summed E-state index contributed by atoms with van der Waals surface area (Å²) in [5.41, 5.74) is 0.829. The second kappa shape index (κ2) is 7.26. The van der Waals surface area contributed by atoms with Gasteiger partial charge in [-0.3, -0.25) is 4.79 Å². The number of phenolic OH excluding ortho intramolecular Hbond substituents is 1. The van der Waals surface area contributed by atoms with Gasteiger partial charge in [-0.15, -0.1) is 0 Å². The number of phenols is 1. The van der Waals surface area contributed by atoms with Gasteiger partial charge in [-0.1, -0.05) is 17.7 Å². The number of hydrogen-bond acceptors (Lipinski definition) is 3. The molecule has 1 fully saturated rings. The summed E-state index contributed by atoms with van der Waals surface area (Å²) < 4.78 is 2.15. The SMILES string of the molecule is Cc1nccn1C[C@H]1CCCN(C(=O)Cc2ccc(O)c(Cl)c2)C1. The summed E-state index contributed by atoms with van der Waals surface area (Å²) in [6.45, 7) is 4.49. The lowest BCUT2D eigenvalue weighted by atomic mass is 9.97. The summed E-state index contributed by atoms with van der Waals surface area (Å²) in [5, 5.41) is 9.76. The summed E-state index contributed by atoms with van der Waals surface area (Å²) in [6, 6.07) is 4.94. The Labute approximate surface area is 146 Å². The van der Waals surface area contributed by atoms with Crippen LogP contribution in [0.4, 0.5) is 0 Å². The van der Waals surface area contributed by atoms with Crippen LogP contribution in [-0.4, -0.2) is 38.6 Å². The van der Waals surface area contributed by atoms with Crippen molar-refractivity contribution < 1.29 is 9.90 Å². The largest absolute Gasteiger partial charge is 0.506 e. The maximum atomic E-state index is 12.6. The van der Waals surface area contributed by atoms with Crippen LogP contribution in [0.5, 0.6) is 5.75 Å². The zero-order chi connectivity index (χ0) is 17.1. The highest BCUT2D eigenvalue weighted by Gasteiger charge is 2.24. The molecule has 24 heavy (non-hydrogen) atoms. The third-order valence-corrected chi connectivity index (χ3v) is 4.92. The van der Waals surface area contributed by atoms with Gasteiger partial charge < -0.3 is 14.6 Å². The Hall–Kier alpha value is -2.01. The first-order valence-corrected chi connectivity index (χ1v) is 8.63. The number of halogens is 1. The van der Waals surface area contributed by atoms with Crippen molar-refractivity contribution in [2.45, 2.75) is 32.7 Å². The van der Waals surface area contributed by atoms with Gasteiger partial charge >= 0.3 is 0 Å². The molecule has 1 N–H and O–H groups in total. The molecule has 128 valence electrons. The van der Waals surface area contributed by atoms with E-state index in [0.29, 0.717) is 12.3 Å². The van der Waals surface area contributed by atoms with Crippen LogP contribution in [0, 0.1) is 12.8 Å². The second-order valence-electron chi connectivity index (χ2n) is 6.44. The number of piperidine rings is 1. The van der Waals surface area contributed by atoms with Crippen LogP contribution >= 0.6 is 11.6 Å². The number of rotatable bonds is 4. The van der Waals surface area contributed by atoms with Crippen LogP contribution in [0.25, 0.3) is 0 Å². The van der Waals surface area contributed by atoms with E-state index in [1.807, 2.05) is 24.2 Å². The molecule has 1 atom stereocenters. The van der Waals surface area contributed by atoms with Gasteiger partial charge in [0.15, 0.2) is 0 Å². The van der Waals surface area contributed by atoms with Gasteiger partial charge in [-0.2, -0.15) is 0 Å². The third kappa shape index (κ3) is 3.90. The van der Waals surface area contributed by atoms with Gasteiger partial charge in [0.05, 0.1) is 11.4 Å². The summed E-state index contributed by atoms with van der Waals surface area (Å²) in [7, 11) is 0. The molecule has 0 spiro atoms. The number of carbonyl (C=O) groups is 1. The number of likely N-dealkylation sites (tertiary alicyclic amines) is 1. The van der Waals surface area contributed by atoms with Gasteiger partial charge in [-0.05, 0) is 43.4 Å². The van der Waals surface area contributed by atoms with E-state index >= 15 is 0 Å². The topological polar surface area (TPSA) is 58.4 Å². The molecule has 1 saturated heterocycles. The van der Waals surface area contributed by atoms with Gasteiger partial charge in [0.2, 0.25) is 5.91 Å². The molecule has 2 aromatic rings. The van der Waals surface area contributed by atoms with Gasteiger partial charge in [0.25, 0.3) is 0 Å². The van der Waals surface area contributed by atoms with Gasteiger partial charge in [0, 0.05) is 32.0 Å². The number of amides is 1. The van der Waals surface area contributed by atoms with Crippen LogP contribution in [0.3, 0.4) is 0 Å². The first-order valence-electron chi connectivity index (χ1n) is 8.26. The van der Waals surface area contributed by atoms with E-state index in [-0.39, 0.29) is 16.7 Å². The quantitative estimate of drug-likeness (QED) is 0.924. The zero-order valence-electron chi connectivity index (χ0n) is 13.8. The normalized spacial score (nSPS) is 17.9. The van der Waals surface area contributed by atoms with Crippen LogP contribution in [-0.2, 0) is 17.8 Å². The van der Waals surface area contributed by atoms with E-state index in [2.05, 4.69) is 9.55 Å². The van der Waals surface area contributed by atoms with E-state index < -0.39 is 0 Å². The highest BCUT2D eigenvalue weighted by Crippen LogP contribution is 2.25. The van der Waals surface area contributed by atoms with Crippen molar-refractivity contribution in [2.75, 3.05) is 13.1 Å². The number of nitrogens with zero attached hydrogens (tertiary/aromatic N) is 3. The zero-order valence-corrected chi connectivity index (χ0v) is 14.5. The fraction of sp³-hybridized carbons (Fsp3) is 0.444. The van der Waals surface area contributed by atoms with Crippen molar-refractivity contribution in [1.29, 1.82) is 0 Å². The Balaban J connectivity index is 1.60. The molecule has 5 nitrogen and oxygen atoms in total. The van der Waals surface area contributed by atoms with E-state index in [0.717, 1.165) is 43.9 Å². The number of carbonyl (C=O) groups excluding carboxylic acids is 1. The molecule has 1 amide bonds. The molecule has 6 heteroatoms. The Kier molecular flexibility index (Phi) is 5.09. The molecular weight excluding hydrogens is 326 g/mol. The van der Waals surface area contributed by atoms with E-state index in [1.165, 1.54) is 6.07 Å². The lowest BCUT2D eigenvalue weighted by Crippen LogP contribution is -2.41. The number of benzene rings is 1. The van der Waals surface area contributed by atoms with Crippen molar-refractivity contribution in [1.82, 2.24) is 14.5 Å². The van der Waals surface area contributed by atoms with Crippen LogP contribution < -0.4 is 0 Å². The molecule has 0 unspecified atom stereocenters. The van der Waals surface area contributed by atoms with Gasteiger partial charge in [-0.25, -0.2) is 4.98 Å². The molecular formula is C18H22ClN3O2. The van der Waals surface area contributed by atoms with Crippen LogP contribution in [0.15, 0.2) is 30.6 Å². The minimum absolute atomic E-state index is 0.0432. The van der Waals surface area contributed by atoms with Gasteiger partial charge in [0.1, 0.15) is 11.6 Å². The fourth-order valence-corrected chi connectivity index (χ4v) is 3.47. The van der Waals surface area contributed by atoms with Crippen molar-refractivity contribution in [2.24, 2.45) is 5.92 Å². The van der Waals surface area contributed by atoms with Crippen LogP contribution in [0.2, 0.25) is 5.02 Å². The number of aryl methyl sites for hydroxylation is 1. The fourth-order valence-electron chi connectivity index (χ4n) is 3.26. The van der Waals surface area contributed by atoms with Crippen molar-refractivity contribution in [3.8, 4) is 5.75 Å². The molecule has 0 bridgehead atoms. The maximum absolute atomic E-state index is 12.6. The summed E-state index contributed by atoms with van der Waals surface area (Å²) in [4.78, 5) is 18.8. The monoisotopic (exact) mass is 347 g/mol. The molecule has 1 aromatic heterocycles. The molecule has 1 aliphatic heterocycles. The summed E-state index contributed by atoms with van der Waals surface area (Å²) in [6.07, 6.45) is 6.29. The average molecular weight is 348 g/mol. The Morgan fingerprint density at radius 2 is 2.29 bits per heavy atom. The number of aromatic nitrogens is 2.